The second-order valence-electron chi connectivity index (χ2n) is 3.83. The predicted molar refractivity (Wildman–Crippen MR) is 75.0 cm³/mol. The first-order chi connectivity index (χ1) is 8.79. The average molecular weight is 260 g/mol. The van der Waals surface area contributed by atoms with Gasteiger partial charge in [-0.2, -0.15) is 0 Å². The standard InChI is InChI=1S/C14H16N2OS/c1-2-10-17-13-4-3-9-16-14(13)18-12-7-5-11(15)6-8-12/h3-9H,2,10,15H2,1H3. The zero-order chi connectivity index (χ0) is 12.8. The van der Waals surface area contributed by atoms with Crippen molar-refractivity contribution >= 4 is 17.4 Å². The molecule has 0 saturated carbocycles. The number of hydrogen-bond acceptors (Lipinski definition) is 4. The van der Waals surface area contributed by atoms with Crippen molar-refractivity contribution in [3.05, 3.63) is 42.6 Å². The van der Waals surface area contributed by atoms with Crippen LogP contribution in [0.1, 0.15) is 13.3 Å². The minimum absolute atomic E-state index is 0.709. The molecule has 1 aromatic carbocycles. The molecule has 94 valence electrons. The molecule has 2 rings (SSSR count). The summed E-state index contributed by atoms with van der Waals surface area (Å²) in [5.41, 5.74) is 6.43. The summed E-state index contributed by atoms with van der Waals surface area (Å²) in [6.45, 7) is 2.80. The molecule has 0 amide bonds. The number of nitrogens with zero attached hydrogens (tertiary/aromatic N) is 1. The van der Waals surface area contributed by atoms with Crippen molar-refractivity contribution in [1.82, 2.24) is 4.98 Å². The molecule has 0 aliphatic heterocycles. The molecule has 4 heteroatoms. The van der Waals surface area contributed by atoms with Gasteiger partial charge in [-0.05, 0) is 42.8 Å². The van der Waals surface area contributed by atoms with E-state index in [1.165, 1.54) is 0 Å². The minimum atomic E-state index is 0.709. The van der Waals surface area contributed by atoms with E-state index in [0.717, 1.165) is 27.8 Å². The van der Waals surface area contributed by atoms with E-state index in [4.69, 9.17) is 10.5 Å². The van der Waals surface area contributed by atoms with Gasteiger partial charge in [-0.25, -0.2) is 4.98 Å². The first kappa shape index (κ1) is 12.8. The lowest BCUT2D eigenvalue weighted by Gasteiger charge is -2.09. The Labute approximate surface area is 111 Å². The third kappa shape index (κ3) is 3.40. The van der Waals surface area contributed by atoms with Gasteiger partial charge in [0, 0.05) is 16.8 Å². The van der Waals surface area contributed by atoms with E-state index in [1.54, 1.807) is 18.0 Å². The number of nitrogen functional groups attached to an aromatic ring is 1. The van der Waals surface area contributed by atoms with Crippen LogP contribution in [0.2, 0.25) is 0 Å². The first-order valence-electron chi connectivity index (χ1n) is 5.91. The molecule has 0 bridgehead atoms. The fourth-order valence-electron chi connectivity index (χ4n) is 1.42. The van der Waals surface area contributed by atoms with Crippen LogP contribution in [-0.2, 0) is 0 Å². The molecule has 1 aromatic heterocycles. The summed E-state index contributed by atoms with van der Waals surface area (Å²) in [7, 11) is 0. The molecule has 0 aliphatic rings. The van der Waals surface area contributed by atoms with Crippen molar-refractivity contribution in [2.45, 2.75) is 23.3 Å². The average Bonchev–Trinajstić information content (AvgIpc) is 2.40. The van der Waals surface area contributed by atoms with E-state index in [2.05, 4.69) is 11.9 Å². The van der Waals surface area contributed by atoms with Gasteiger partial charge in [0.1, 0.15) is 5.03 Å². The summed E-state index contributed by atoms with van der Waals surface area (Å²) >= 11 is 1.58. The molecule has 3 nitrogen and oxygen atoms in total. The summed E-state index contributed by atoms with van der Waals surface area (Å²) < 4.78 is 5.67. The van der Waals surface area contributed by atoms with Gasteiger partial charge in [-0.3, -0.25) is 0 Å². The Balaban J connectivity index is 2.15. The molecule has 0 fully saturated rings. The molecular weight excluding hydrogens is 244 g/mol. The zero-order valence-corrected chi connectivity index (χ0v) is 11.1. The van der Waals surface area contributed by atoms with Crippen LogP contribution in [0.15, 0.2) is 52.5 Å². The summed E-state index contributed by atoms with van der Waals surface area (Å²) in [6.07, 6.45) is 2.76. The Bertz CT molecular complexity index is 499. The van der Waals surface area contributed by atoms with Crippen LogP contribution in [0.3, 0.4) is 0 Å². The molecule has 0 radical (unpaired) electrons. The third-order valence-corrected chi connectivity index (χ3v) is 3.30. The van der Waals surface area contributed by atoms with Gasteiger partial charge in [0.25, 0.3) is 0 Å². The lowest BCUT2D eigenvalue weighted by Crippen LogP contribution is -1.97. The second-order valence-corrected chi connectivity index (χ2v) is 4.89. The van der Waals surface area contributed by atoms with Crippen LogP contribution in [0.5, 0.6) is 5.75 Å². The topological polar surface area (TPSA) is 48.1 Å². The van der Waals surface area contributed by atoms with E-state index >= 15 is 0 Å². The molecule has 0 saturated heterocycles. The number of anilines is 1. The highest BCUT2D eigenvalue weighted by Gasteiger charge is 2.06. The van der Waals surface area contributed by atoms with Crippen molar-refractivity contribution in [1.29, 1.82) is 0 Å². The van der Waals surface area contributed by atoms with Crippen molar-refractivity contribution < 1.29 is 4.74 Å². The van der Waals surface area contributed by atoms with Crippen molar-refractivity contribution in [3.63, 3.8) is 0 Å². The number of benzene rings is 1. The maximum Gasteiger partial charge on any atom is 0.151 e. The molecule has 0 unspecified atom stereocenters. The van der Waals surface area contributed by atoms with Crippen molar-refractivity contribution in [2.24, 2.45) is 0 Å². The molecule has 2 aromatic rings. The van der Waals surface area contributed by atoms with Crippen LogP contribution in [0.25, 0.3) is 0 Å². The summed E-state index contributed by atoms with van der Waals surface area (Å²) in [5.74, 6) is 0.834. The van der Waals surface area contributed by atoms with Crippen LogP contribution < -0.4 is 10.5 Å². The highest BCUT2D eigenvalue weighted by Crippen LogP contribution is 2.33. The molecular formula is C14H16N2OS. The van der Waals surface area contributed by atoms with Gasteiger partial charge in [-0.15, -0.1) is 0 Å². The third-order valence-electron chi connectivity index (χ3n) is 2.29. The summed E-state index contributed by atoms with van der Waals surface area (Å²) in [5, 5.41) is 0.885. The lowest BCUT2D eigenvalue weighted by molar-refractivity contribution is 0.307. The Morgan fingerprint density at radius 1 is 1.22 bits per heavy atom. The first-order valence-corrected chi connectivity index (χ1v) is 6.72. The number of nitrogens with two attached hydrogens (primary N) is 1. The van der Waals surface area contributed by atoms with Gasteiger partial charge in [0.2, 0.25) is 0 Å². The van der Waals surface area contributed by atoms with Gasteiger partial charge < -0.3 is 10.5 Å². The number of pyridine rings is 1. The van der Waals surface area contributed by atoms with Crippen molar-refractivity contribution in [3.8, 4) is 5.75 Å². The number of aromatic nitrogens is 1. The molecule has 0 atom stereocenters. The molecule has 2 N–H and O–H groups in total. The van der Waals surface area contributed by atoms with Crippen LogP contribution in [-0.4, -0.2) is 11.6 Å². The zero-order valence-electron chi connectivity index (χ0n) is 10.3. The quantitative estimate of drug-likeness (QED) is 0.834. The summed E-state index contributed by atoms with van der Waals surface area (Å²) in [6, 6.07) is 11.6. The van der Waals surface area contributed by atoms with E-state index in [9.17, 15) is 0 Å². The normalized spacial score (nSPS) is 10.3. The van der Waals surface area contributed by atoms with Gasteiger partial charge in [0.15, 0.2) is 5.75 Å². The maximum absolute atomic E-state index is 5.67. The SMILES string of the molecule is CCCOc1cccnc1Sc1ccc(N)cc1. The van der Waals surface area contributed by atoms with E-state index in [0.29, 0.717) is 6.61 Å². The molecule has 0 spiro atoms. The Morgan fingerprint density at radius 3 is 2.72 bits per heavy atom. The Morgan fingerprint density at radius 2 is 2.00 bits per heavy atom. The van der Waals surface area contributed by atoms with Crippen LogP contribution >= 0.6 is 11.8 Å². The molecule has 1 heterocycles. The number of ether oxygens (including phenoxy) is 1. The number of hydrogen-bond donors (Lipinski definition) is 1. The van der Waals surface area contributed by atoms with Gasteiger partial charge in [0.05, 0.1) is 6.61 Å². The minimum Gasteiger partial charge on any atom is -0.491 e. The highest BCUT2D eigenvalue weighted by molar-refractivity contribution is 7.99. The molecule has 0 aliphatic carbocycles. The second kappa shape index (κ2) is 6.31. The van der Waals surface area contributed by atoms with Gasteiger partial charge in [-0.1, -0.05) is 18.7 Å². The smallest absolute Gasteiger partial charge is 0.151 e. The Kier molecular flexibility index (Phi) is 4.47. The van der Waals surface area contributed by atoms with E-state index in [1.807, 2.05) is 36.4 Å². The molecule has 18 heavy (non-hydrogen) atoms. The fraction of sp³-hybridized carbons (Fsp3) is 0.214. The van der Waals surface area contributed by atoms with Crippen molar-refractivity contribution in [2.75, 3.05) is 12.3 Å². The maximum atomic E-state index is 5.67. The van der Waals surface area contributed by atoms with Crippen LogP contribution in [0, 0.1) is 0 Å². The largest absolute Gasteiger partial charge is 0.491 e. The van der Waals surface area contributed by atoms with E-state index < -0.39 is 0 Å². The monoisotopic (exact) mass is 260 g/mol. The summed E-state index contributed by atoms with van der Waals surface area (Å²) in [4.78, 5) is 5.46. The highest BCUT2D eigenvalue weighted by atomic mass is 32.2. The Hall–Kier alpha value is -1.68. The van der Waals surface area contributed by atoms with E-state index in [-0.39, 0.29) is 0 Å². The van der Waals surface area contributed by atoms with Gasteiger partial charge >= 0.3 is 0 Å². The predicted octanol–water partition coefficient (Wildman–Crippen LogP) is 3.60. The fourth-order valence-corrected chi connectivity index (χ4v) is 2.26. The lowest BCUT2D eigenvalue weighted by atomic mass is 10.3. The van der Waals surface area contributed by atoms with Crippen LogP contribution in [0.4, 0.5) is 5.69 Å². The number of rotatable bonds is 5.